The van der Waals surface area contributed by atoms with Gasteiger partial charge in [-0.15, -0.1) is 0 Å². The first-order valence-corrected chi connectivity index (χ1v) is 10.8. The third-order valence-corrected chi connectivity index (χ3v) is 6.38. The highest BCUT2D eigenvalue weighted by Crippen LogP contribution is 2.52. The highest BCUT2D eigenvalue weighted by molar-refractivity contribution is 6.07. The van der Waals surface area contributed by atoms with Gasteiger partial charge in [0.25, 0.3) is 23.4 Å². The summed E-state index contributed by atoms with van der Waals surface area (Å²) in [5.74, 6) is -1.70. The summed E-state index contributed by atoms with van der Waals surface area (Å²) < 4.78 is 5.57. The fourth-order valence-corrected chi connectivity index (χ4v) is 4.86. The molecular formula is C24H20N4O6. The van der Waals surface area contributed by atoms with Gasteiger partial charge < -0.3 is 10.1 Å². The number of carbonyl (C=O) groups excluding carboxylic acids is 3. The van der Waals surface area contributed by atoms with Gasteiger partial charge in [-0.05, 0) is 36.5 Å². The number of nitrogens with one attached hydrogen (secondary N) is 1. The molecule has 2 aliphatic carbocycles. The van der Waals surface area contributed by atoms with Gasteiger partial charge in [0.2, 0.25) is 0 Å². The number of nitro benzene ring substituents is 1. The van der Waals surface area contributed by atoms with E-state index in [1.165, 1.54) is 24.4 Å². The normalized spacial score (nSPS) is 24.6. The second kappa shape index (κ2) is 8.54. The molecule has 1 saturated carbocycles. The van der Waals surface area contributed by atoms with Crippen LogP contribution in [0, 0.1) is 33.8 Å². The molecule has 3 aliphatic rings. The summed E-state index contributed by atoms with van der Waals surface area (Å²) in [6.07, 6.45) is 5.95. The van der Waals surface area contributed by atoms with Crippen LogP contribution in [0.3, 0.4) is 0 Å². The van der Waals surface area contributed by atoms with Crippen LogP contribution in [0.25, 0.3) is 0 Å². The van der Waals surface area contributed by atoms with Crippen LogP contribution in [0.15, 0.2) is 65.8 Å². The van der Waals surface area contributed by atoms with Crippen molar-refractivity contribution in [2.75, 3.05) is 11.9 Å². The Morgan fingerprint density at radius 1 is 1.12 bits per heavy atom. The summed E-state index contributed by atoms with van der Waals surface area (Å²) in [7, 11) is 0. The van der Waals surface area contributed by atoms with Crippen LogP contribution in [-0.4, -0.2) is 40.5 Å². The molecule has 0 spiro atoms. The molecule has 0 radical (unpaired) electrons. The predicted molar refractivity (Wildman–Crippen MR) is 121 cm³/mol. The third kappa shape index (κ3) is 3.83. The van der Waals surface area contributed by atoms with E-state index in [2.05, 4.69) is 10.4 Å². The molecule has 10 heteroatoms. The molecule has 1 aliphatic heterocycles. The van der Waals surface area contributed by atoms with E-state index < -0.39 is 22.7 Å². The van der Waals surface area contributed by atoms with Crippen LogP contribution in [-0.2, 0) is 14.4 Å². The summed E-state index contributed by atoms with van der Waals surface area (Å²) in [5.41, 5.74) is 0.544. The number of carbonyl (C=O) groups is 3. The monoisotopic (exact) mass is 460 g/mol. The molecule has 2 aromatic carbocycles. The summed E-state index contributed by atoms with van der Waals surface area (Å²) in [6, 6.07) is 12.6. The highest BCUT2D eigenvalue weighted by atomic mass is 16.6. The average molecular weight is 460 g/mol. The minimum Gasteiger partial charge on any atom is -0.483 e. The van der Waals surface area contributed by atoms with Crippen LogP contribution in [0.1, 0.15) is 12.0 Å². The maximum atomic E-state index is 12.8. The Kier molecular flexibility index (Phi) is 5.40. The van der Waals surface area contributed by atoms with E-state index in [0.29, 0.717) is 5.69 Å². The van der Waals surface area contributed by atoms with Crippen LogP contribution in [0.2, 0.25) is 0 Å². The Morgan fingerprint density at radius 3 is 2.44 bits per heavy atom. The second-order valence-electron chi connectivity index (χ2n) is 8.41. The highest BCUT2D eigenvalue weighted by Gasteiger charge is 2.59. The first-order chi connectivity index (χ1) is 16.4. The predicted octanol–water partition coefficient (Wildman–Crippen LogP) is 2.75. The summed E-state index contributed by atoms with van der Waals surface area (Å²) in [5, 5.41) is 18.8. The summed E-state index contributed by atoms with van der Waals surface area (Å²) in [4.78, 5) is 48.5. The number of fused-ring (bicyclic) bond motifs is 5. The zero-order valence-corrected chi connectivity index (χ0v) is 17.9. The van der Waals surface area contributed by atoms with Crippen molar-refractivity contribution in [1.29, 1.82) is 0 Å². The number of nitrogens with zero attached hydrogens (tertiary/aromatic N) is 3. The van der Waals surface area contributed by atoms with Crippen molar-refractivity contribution in [3.63, 3.8) is 0 Å². The number of rotatable bonds is 7. The van der Waals surface area contributed by atoms with Gasteiger partial charge in [-0.3, -0.25) is 24.5 Å². The van der Waals surface area contributed by atoms with E-state index in [9.17, 15) is 24.5 Å². The number of hydrazone groups is 1. The van der Waals surface area contributed by atoms with Gasteiger partial charge in [-0.1, -0.05) is 30.4 Å². The molecule has 2 fully saturated rings. The zero-order valence-electron chi connectivity index (χ0n) is 17.9. The number of nitro groups is 1. The van der Waals surface area contributed by atoms with Crippen LogP contribution in [0.5, 0.6) is 5.75 Å². The molecule has 1 N–H and O–H groups in total. The lowest BCUT2D eigenvalue weighted by molar-refractivity contribution is -0.384. The molecule has 3 amide bonds. The van der Waals surface area contributed by atoms with Gasteiger partial charge in [0.15, 0.2) is 6.61 Å². The van der Waals surface area contributed by atoms with Crippen molar-refractivity contribution in [2.45, 2.75) is 6.42 Å². The van der Waals surface area contributed by atoms with E-state index in [0.717, 1.165) is 11.4 Å². The Balaban J connectivity index is 1.33. The van der Waals surface area contributed by atoms with Crippen molar-refractivity contribution in [3.8, 4) is 5.75 Å². The average Bonchev–Trinajstić information content (AvgIpc) is 3.51. The molecule has 4 atom stereocenters. The molecule has 2 bridgehead atoms. The number of benzene rings is 2. The minimum atomic E-state index is -0.580. The lowest BCUT2D eigenvalue weighted by Crippen LogP contribution is -2.28. The van der Waals surface area contributed by atoms with Crippen molar-refractivity contribution >= 4 is 35.3 Å². The third-order valence-electron chi connectivity index (χ3n) is 6.38. The van der Waals surface area contributed by atoms with Crippen molar-refractivity contribution < 1.29 is 24.0 Å². The van der Waals surface area contributed by atoms with Gasteiger partial charge >= 0.3 is 0 Å². The molecule has 1 heterocycles. The second-order valence-corrected chi connectivity index (χ2v) is 8.41. The van der Waals surface area contributed by atoms with Gasteiger partial charge in [0, 0.05) is 23.4 Å². The van der Waals surface area contributed by atoms with Gasteiger partial charge in [-0.2, -0.15) is 10.1 Å². The topological polar surface area (TPSA) is 131 Å². The SMILES string of the molecule is O=C(COc1ccc([N+](=O)[O-])cc1C=NN1C(=O)[C@@H]2[C@H](C1=O)[C@H]1C=C[C@H]2C1)Nc1ccccc1. The molecule has 5 rings (SSSR count). The zero-order chi connectivity index (χ0) is 23.8. The number of hydrogen-bond donors (Lipinski definition) is 1. The van der Waals surface area contributed by atoms with E-state index in [1.54, 1.807) is 24.3 Å². The van der Waals surface area contributed by atoms with E-state index in [4.69, 9.17) is 4.74 Å². The molecular weight excluding hydrogens is 440 g/mol. The minimum absolute atomic E-state index is 0.0477. The first kappa shape index (κ1) is 21.5. The van der Waals surface area contributed by atoms with Crippen molar-refractivity contribution in [3.05, 3.63) is 76.4 Å². The first-order valence-electron chi connectivity index (χ1n) is 10.8. The Hall–Kier alpha value is -4.34. The maximum Gasteiger partial charge on any atom is 0.270 e. The Morgan fingerprint density at radius 2 is 1.79 bits per heavy atom. The van der Waals surface area contributed by atoms with Crippen LogP contribution >= 0.6 is 0 Å². The van der Waals surface area contributed by atoms with E-state index in [1.807, 2.05) is 18.2 Å². The van der Waals surface area contributed by atoms with Crippen molar-refractivity contribution in [1.82, 2.24) is 5.01 Å². The molecule has 2 aromatic rings. The summed E-state index contributed by atoms with van der Waals surface area (Å²) in [6.45, 7) is -0.353. The summed E-state index contributed by atoms with van der Waals surface area (Å²) >= 11 is 0. The van der Waals surface area contributed by atoms with Gasteiger partial charge in [0.1, 0.15) is 5.75 Å². The quantitative estimate of drug-likeness (QED) is 0.222. The van der Waals surface area contributed by atoms with Gasteiger partial charge in [0.05, 0.1) is 23.0 Å². The van der Waals surface area contributed by atoms with Crippen LogP contribution in [0.4, 0.5) is 11.4 Å². The van der Waals surface area contributed by atoms with E-state index in [-0.39, 0.29) is 47.3 Å². The number of allylic oxidation sites excluding steroid dienone is 2. The lowest BCUT2D eigenvalue weighted by Gasteiger charge is -2.13. The Bertz CT molecular complexity index is 1210. The fourth-order valence-electron chi connectivity index (χ4n) is 4.86. The molecule has 0 aromatic heterocycles. The number of imide groups is 1. The molecule has 34 heavy (non-hydrogen) atoms. The number of hydrogen-bond acceptors (Lipinski definition) is 7. The van der Waals surface area contributed by atoms with Crippen molar-refractivity contribution in [2.24, 2.45) is 28.8 Å². The fraction of sp³-hybridized carbons (Fsp3) is 0.250. The van der Waals surface area contributed by atoms with Crippen LogP contribution < -0.4 is 10.1 Å². The number of anilines is 1. The number of ether oxygens (including phenoxy) is 1. The molecule has 0 unspecified atom stereocenters. The lowest BCUT2D eigenvalue weighted by atomic mass is 9.85. The van der Waals surface area contributed by atoms with Gasteiger partial charge in [-0.25, -0.2) is 0 Å². The Labute approximate surface area is 194 Å². The number of non-ortho nitro benzene ring substituents is 1. The largest absolute Gasteiger partial charge is 0.483 e. The standard InChI is InChI=1S/C24H20N4O6/c29-20(26-17-4-2-1-3-5-17)13-34-19-9-8-18(28(32)33)11-16(19)12-25-27-23(30)21-14-6-7-15(10-14)22(21)24(27)31/h1-9,11-12,14-15,21-22H,10,13H2,(H,26,29)/t14-,15-,21-,22+/m0/s1. The molecule has 10 nitrogen and oxygen atoms in total. The smallest absolute Gasteiger partial charge is 0.270 e. The maximum absolute atomic E-state index is 12.8. The number of para-hydroxylation sites is 1. The molecule has 1 saturated heterocycles. The molecule has 172 valence electrons. The van der Waals surface area contributed by atoms with E-state index >= 15 is 0 Å². The number of amides is 3.